The number of ether oxygens (including phenoxy) is 1. The lowest BCUT2D eigenvalue weighted by Crippen LogP contribution is -2.35. The number of carbonyl (C=O) groups excluding carboxylic acids is 1. The number of rotatable bonds is 3. The molecule has 0 saturated carbocycles. The van der Waals surface area contributed by atoms with Gasteiger partial charge < -0.3 is 9.64 Å². The largest absolute Gasteiger partial charge is 0.375 e. The maximum absolute atomic E-state index is 11.8. The molecular weight excluding hydrogens is 246 g/mol. The van der Waals surface area contributed by atoms with Gasteiger partial charge in [0, 0.05) is 31.2 Å². The van der Waals surface area contributed by atoms with E-state index in [1.165, 1.54) is 5.56 Å². The van der Waals surface area contributed by atoms with Crippen LogP contribution in [-0.2, 0) is 9.53 Å². The molecule has 0 radical (unpaired) electrons. The third kappa shape index (κ3) is 3.50. The van der Waals surface area contributed by atoms with Gasteiger partial charge in [0.25, 0.3) is 0 Å². The SMILES string of the molecule is COCC(=O)N1CCSC(c2ccccc2)CC1. The van der Waals surface area contributed by atoms with Crippen LogP contribution in [0.15, 0.2) is 30.3 Å². The van der Waals surface area contributed by atoms with Gasteiger partial charge in [-0.15, -0.1) is 0 Å². The van der Waals surface area contributed by atoms with Gasteiger partial charge in [0.05, 0.1) is 0 Å². The van der Waals surface area contributed by atoms with Crippen molar-refractivity contribution in [2.24, 2.45) is 0 Å². The molecule has 1 heterocycles. The standard InChI is InChI=1S/C14H19NO2S/c1-17-11-14(16)15-8-7-13(18-10-9-15)12-5-3-2-4-6-12/h2-6,13H,7-11H2,1H3. The van der Waals surface area contributed by atoms with Gasteiger partial charge in [0.1, 0.15) is 6.61 Å². The molecule has 0 N–H and O–H groups in total. The van der Waals surface area contributed by atoms with Crippen molar-refractivity contribution in [2.45, 2.75) is 11.7 Å². The van der Waals surface area contributed by atoms with Gasteiger partial charge in [-0.2, -0.15) is 11.8 Å². The molecule has 1 unspecified atom stereocenters. The minimum Gasteiger partial charge on any atom is -0.375 e. The zero-order valence-corrected chi connectivity index (χ0v) is 11.5. The highest BCUT2D eigenvalue weighted by molar-refractivity contribution is 7.99. The fourth-order valence-corrected chi connectivity index (χ4v) is 3.40. The average molecular weight is 265 g/mol. The first-order valence-electron chi connectivity index (χ1n) is 6.24. The van der Waals surface area contributed by atoms with Crippen molar-refractivity contribution in [3.8, 4) is 0 Å². The van der Waals surface area contributed by atoms with Gasteiger partial charge >= 0.3 is 0 Å². The molecule has 0 aliphatic carbocycles. The first kappa shape index (κ1) is 13.4. The van der Waals surface area contributed by atoms with Crippen LogP contribution in [0.5, 0.6) is 0 Å². The fraction of sp³-hybridized carbons (Fsp3) is 0.500. The quantitative estimate of drug-likeness (QED) is 0.840. The summed E-state index contributed by atoms with van der Waals surface area (Å²) in [5.41, 5.74) is 1.36. The van der Waals surface area contributed by atoms with Crippen molar-refractivity contribution in [3.63, 3.8) is 0 Å². The summed E-state index contributed by atoms with van der Waals surface area (Å²) in [7, 11) is 1.57. The fourth-order valence-electron chi connectivity index (χ4n) is 2.17. The van der Waals surface area contributed by atoms with Gasteiger partial charge in [0.2, 0.25) is 5.91 Å². The third-order valence-corrected chi connectivity index (χ3v) is 4.46. The van der Waals surface area contributed by atoms with Crippen LogP contribution in [0.3, 0.4) is 0 Å². The van der Waals surface area contributed by atoms with E-state index in [0.717, 1.165) is 25.3 Å². The predicted molar refractivity (Wildman–Crippen MR) is 74.7 cm³/mol. The van der Waals surface area contributed by atoms with E-state index in [0.29, 0.717) is 5.25 Å². The molecule has 1 aromatic rings. The van der Waals surface area contributed by atoms with Gasteiger partial charge in [-0.25, -0.2) is 0 Å². The maximum Gasteiger partial charge on any atom is 0.248 e. The molecule has 1 amide bonds. The van der Waals surface area contributed by atoms with Crippen LogP contribution in [0.4, 0.5) is 0 Å². The Morgan fingerprint density at radius 2 is 2.17 bits per heavy atom. The molecule has 1 fully saturated rings. The Morgan fingerprint density at radius 1 is 1.39 bits per heavy atom. The van der Waals surface area contributed by atoms with E-state index >= 15 is 0 Å². The number of hydrogen-bond donors (Lipinski definition) is 0. The Kier molecular flexibility index (Phi) is 5.08. The van der Waals surface area contributed by atoms with E-state index in [4.69, 9.17) is 4.74 Å². The normalized spacial score (nSPS) is 20.5. The van der Waals surface area contributed by atoms with Crippen LogP contribution in [0.1, 0.15) is 17.2 Å². The van der Waals surface area contributed by atoms with Crippen molar-refractivity contribution in [1.82, 2.24) is 4.90 Å². The molecule has 0 spiro atoms. The van der Waals surface area contributed by atoms with E-state index in [9.17, 15) is 4.79 Å². The molecular formula is C14H19NO2S. The Morgan fingerprint density at radius 3 is 2.89 bits per heavy atom. The Labute approximate surface area is 113 Å². The van der Waals surface area contributed by atoms with E-state index < -0.39 is 0 Å². The van der Waals surface area contributed by atoms with Gasteiger partial charge in [0.15, 0.2) is 0 Å². The van der Waals surface area contributed by atoms with Crippen LogP contribution >= 0.6 is 11.8 Å². The van der Waals surface area contributed by atoms with Crippen LogP contribution in [0.2, 0.25) is 0 Å². The van der Waals surface area contributed by atoms with Crippen molar-refractivity contribution >= 4 is 17.7 Å². The topological polar surface area (TPSA) is 29.5 Å². The van der Waals surface area contributed by atoms with Crippen LogP contribution < -0.4 is 0 Å². The molecule has 0 aromatic heterocycles. The first-order chi connectivity index (χ1) is 8.81. The van der Waals surface area contributed by atoms with Crippen molar-refractivity contribution in [1.29, 1.82) is 0 Å². The van der Waals surface area contributed by atoms with E-state index in [2.05, 4.69) is 24.3 Å². The first-order valence-corrected chi connectivity index (χ1v) is 7.29. The molecule has 0 bridgehead atoms. The molecule has 1 aromatic carbocycles. The Balaban J connectivity index is 1.94. The number of thioether (sulfide) groups is 1. The van der Waals surface area contributed by atoms with Crippen molar-refractivity contribution in [2.75, 3.05) is 32.6 Å². The third-order valence-electron chi connectivity index (χ3n) is 3.13. The molecule has 18 heavy (non-hydrogen) atoms. The highest BCUT2D eigenvalue weighted by atomic mass is 32.2. The van der Waals surface area contributed by atoms with E-state index in [1.54, 1.807) is 7.11 Å². The summed E-state index contributed by atoms with van der Waals surface area (Å²) in [5.74, 6) is 1.10. The summed E-state index contributed by atoms with van der Waals surface area (Å²) < 4.78 is 4.91. The molecule has 1 aliphatic heterocycles. The van der Waals surface area contributed by atoms with Gasteiger partial charge in [-0.05, 0) is 12.0 Å². The number of carbonyl (C=O) groups is 1. The van der Waals surface area contributed by atoms with Crippen LogP contribution in [0.25, 0.3) is 0 Å². The molecule has 1 saturated heterocycles. The van der Waals surface area contributed by atoms with Crippen molar-refractivity contribution in [3.05, 3.63) is 35.9 Å². The number of hydrogen-bond acceptors (Lipinski definition) is 3. The summed E-state index contributed by atoms with van der Waals surface area (Å²) in [4.78, 5) is 13.7. The van der Waals surface area contributed by atoms with Crippen LogP contribution in [-0.4, -0.2) is 43.4 Å². The highest BCUT2D eigenvalue weighted by Crippen LogP contribution is 2.34. The van der Waals surface area contributed by atoms with Gasteiger partial charge in [-0.3, -0.25) is 4.79 Å². The monoisotopic (exact) mass is 265 g/mol. The zero-order chi connectivity index (χ0) is 12.8. The van der Waals surface area contributed by atoms with E-state index in [-0.39, 0.29) is 12.5 Å². The number of methoxy groups -OCH3 is 1. The lowest BCUT2D eigenvalue weighted by Gasteiger charge is -2.19. The number of benzene rings is 1. The molecule has 3 nitrogen and oxygen atoms in total. The molecule has 1 aliphatic rings. The molecule has 4 heteroatoms. The number of amides is 1. The average Bonchev–Trinajstić information content (AvgIpc) is 2.66. The van der Waals surface area contributed by atoms with Crippen LogP contribution in [0, 0.1) is 0 Å². The van der Waals surface area contributed by atoms with Gasteiger partial charge in [-0.1, -0.05) is 30.3 Å². The molecule has 2 rings (SSSR count). The van der Waals surface area contributed by atoms with E-state index in [1.807, 2.05) is 22.7 Å². The maximum atomic E-state index is 11.8. The second kappa shape index (κ2) is 6.81. The summed E-state index contributed by atoms with van der Waals surface area (Å²) in [5, 5.41) is 0.506. The summed E-state index contributed by atoms with van der Waals surface area (Å²) in [6, 6.07) is 10.5. The summed E-state index contributed by atoms with van der Waals surface area (Å²) in [6.07, 6.45) is 1.02. The predicted octanol–water partition coefficient (Wildman–Crippen LogP) is 2.34. The lowest BCUT2D eigenvalue weighted by atomic mass is 10.1. The second-order valence-electron chi connectivity index (χ2n) is 4.37. The summed E-state index contributed by atoms with van der Waals surface area (Å²) >= 11 is 1.94. The van der Waals surface area contributed by atoms with Crippen molar-refractivity contribution < 1.29 is 9.53 Å². The minimum absolute atomic E-state index is 0.104. The Hall–Kier alpha value is -1.00. The zero-order valence-electron chi connectivity index (χ0n) is 10.7. The smallest absolute Gasteiger partial charge is 0.248 e. The minimum atomic E-state index is 0.104. The molecule has 1 atom stereocenters. The Bertz CT molecular complexity index is 383. The second-order valence-corrected chi connectivity index (χ2v) is 5.68. The number of nitrogens with zero attached hydrogens (tertiary/aromatic N) is 1. The highest BCUT2D eigenvalue weighted by Gasteiger charge is 2.21. The lowest BCUT2D eigenvalue weighted by molar-refractivity contribution is -0.134. The summed E-state index contributed by atoms with van der Waals surface area (Å²) in [6.45, 7) is 1.85. The molecule has 98 valence electrons.